The van der Waals surface area contributed by atoms with Gasteiger partial charge < -0.3 is 5.21 Å². The normalized spacial score (nSPS) is 12.0. The van der Waals surface area contributed by atoms with Gasteiger partial charge in [-0.1, -0.05) is 168 Å². The highest BCUT2D eigenvalue weighted by molar-refractivity contribution is 5.50. The molecule has 0 saturated heterocycles. The van der Waals surface area contributed by atoms with Crippen LogP contribution < -0.4 is 0 Å². The summed E-state index contributed by atoms with van der Waals surface area (Å²) in [6.45, 7) is 5.28. The van der Waals surface area contributed by atoms with Crippen molar-refractivity contribution in [2.45, 2.75) is 194 Å². The number of hydrogen-bond acceptors (Lipinski definition) is 1. The molecule has 0 aromatic heterocycles. The van der Waals surface area contributed by atoms with Gasteiger partial charge in [-0.2, -0.15) is 0 Å². The van der Waals surface area contributed by atoms with Gasteiger partial charge in [0.1, 0.15) is 0 Å². The van der Waals surface area contributed by atoms with E-state index < -0.39 is 0 Å². The molecule has 0 aliphatic rings. The SMILES string of the molecule is CCCCCCCCCCCCCCC/C=[N+](/[O-])CCCCCCCCCCCCCCCC. The highest BCUT2D eigenvalue weighted by Gasteiger charge is 1.98. The molecule has 204 valence electrons. The van der Waals surface area contributed by atoms with Gasteiger partial charge in [0.25, 0.3) is 0 Å². The quantitative estimate of drug-likeness (QED) is 0.0344. The van der Waals surface area contributed by atoms with E-state index in [-0.39, 0.29) is 0 Å². The van der Waals surface area contributed by atoms with Gasteiger partial charge in [-0.15, -0.1) is 0 Å². The molecule has 0 heterocycles. The molecule has 0 radical (unpaired) electrons. The van der Waals surface area contributed by atoms with Crippen molar-refractivity contribution in [1.82, 2.24) is 0 Å². The van der Waals surface area contributed by atoms with Crippen molar-refractivity contribution < 1.29 is 4.74 Å². The third-order valence-electron chi connectivity index (χ3n) is 7.37. The molecule has 0 rings (SSSR count). The molecule has 0 spiro atoms. The molecule has 0 fully saturated rings. The van der Waals surface area contributed by atoms with Crippen molar-refractivity contribution in [3.8, 4) is 0 Å². The summed E-state index contributed by atoms with van der Waals surface area (Å²) in [5.74, 6) is 0. The van der Waals surface area contributed by atoms with Crippen molar-refractivity contribution >= 4 is 6.21 Å². The van der Waals surface area contributed by atoms with Crippen LogP contribution >= 0.6 is 0 Å². The van der Waals surface area contributed by atoms with E-state index in [1.54, 1.807) is 0 Å². The van der Waals surface area contributed by atoms with E-state index in [0.29, 0.717) is 6.54 Å². The largest absolute Gasteiger partial charge is 0.624 e. The summed E-state index contributed by atoms with van der Waals surface area (Å²) in [6.07, 6.45) is 40.1. The van der Waals surface area contributed by atoms with Gasteiger partial charge >= 0.3 is 0 Å². The summed E-state index contributed by atoms with van der Waals surface area (Å²) in [7, 11) is 0. The Morgan fingerprint density at radius 2 is 0.647 bits per heavy atom. The summed E-state index contributed by atoms with van der Waals surface area (Å²) >= 11 is 0. The summed E-state index contributed by atoms with van der Waals surface area (Å²) < 4.78 is 1.21. The average molecular weight is 480 g/mol. The van der Waals surface area contributed by atoms with Gasteiger partial charge in [-0.05, 0) is 12.8 Å². The van der Waals surface area contributed by atoms with Crippen LogP contribution in [0.1, 0.15) is 194 Å². The molecule has 0 aromatic carbocycles. The molecule has 0 unspecified atom stereocenters. The minimum atomic E-state index is 0.705. The Kier molecular flexibility index (Phi) is 30.0. The van der Waals surface area contributed by atoms with E-state index in [1.807, 2.05) is 6.21 Å². The Labute approximate surface area is 216 Å². The standard InChI is InChI=1S/C32H65NO/c1-3-5-7-9-11-13-15-17-19-21-23-25-27-29-31-33(34)32-30-28-26-24-22-20-18-16-14-12-10-8-6-4-2/h31H,3-30,32H2,1-2H3/b33-31+. The summed E-state index contributed by atoms with van der Waals surface area (Å²) in [5, 5.41) is 11.9. The first-order chi connectivity index (χ1) is 16.8. The zero-order valence-electron chi connectivity index (χ0n) is 23.9. The fraction of sp³-hybridized carbons (Fsp3) is 0.969. The second kappa shape index (κ2) is 30.5. The predicted octanol–water partition coefficient (Wildman–Crippen LogP) is 11.5. The molecule has 0 bridgehead atoms. The van der Waals surface area contributed by atoms with E-state index in [4.69, 9.17) is 0 Å². The lowest BCUT2D eigenvalue weighted by molar-refractivity contribution is -0.454. The molecule has 34 heavy (non-hydrogen) atoms. The Morgan fingerprint density at radius 3 is 0.971 bits per heavy atom. The van der Waals surface area contributed by atoms with Gasteiger partial charge in [-0.3, -0.25) is 0 Å². The highest BCUT2D eigenvalue weighted by atomic mass is 16.5. The van der Waals surface area contributed by atoms with Crippen LogP contribution in [0.2, 0.25) is 0 Å². The molecular weight excluding hydrogens is 414 g/mol. The highest BCUT2D eigenvalue weighted by Crippen LogP contribution is 2.14. The van der Waals surface area contributed by atoms with Crippen LogP contribution in [0.5, 0.6) is 0 Å². The topological polar surface area (TPSA) is 26.1 Å². The molecule has 0 amide bonds. The summed E-state index contributed by atoms with van der Waals surface area (Å²) in [4.78, 5) is 0. The molecule has 0 N–H and O–H groups in total. The zero-order chi connectivity index (χ0) is 24.8. The molecule has 2 heteroatoms. The number of unbranched alkanes of at least 4 members (excludes halogenated alkanes) is 26. The van der Waals surface area contributed by atoms with Crippen LogP contribution in [0.15, 0.2) is 0 Å². The number of nitrogens with zero attached hydrogens (tertiary/aromatic N) is 1. The monoisotopic (exact) mass is 480 g/mol. The maximum absolute atomic E-state index is 11.9. The maximum Gasteiger partial charge on any atom is 0.153 e. The van der Waals surface area contributed by atoms with Gasteiger partial charge in [0, 0.05) is 12.8 Å². The van der Waals surface area contributed by atoms with Crippen LogP contribution in [0.25, 0.3) is 0 Å². The van der Waals surface area contributed by atoms with Crippen LogP contribution in [0, 0.1) is 5.21 Å². The molecule has 0 atom stereocenters. The molecular formula is C32H65NO. The fourth-order valence-corrected chi connectivity index (χ4v) is 4.95. The molecule has 0 aliphatic heterocycles. The fourth-order valence-electron chi connectivity index (χ4n) is 4.95. The van der Waals surface area contributed by atoms with Gasteiger partial charge in [-0.25, -0.2) is 4.74 Å². The lowest BCUT2D eigenvalue weighted by atomic mass is 10.0. The molecule has 0 aromatic rings. The van der Waals surface area contributed by atoms with Crippen molar-refractivity contribution in [2.24, 2.45) is 0 Å². The van der Waals surface area contributed by atoms with Crippen LogP contribution in [0.3, 0.4) is 0 Å². The average Bonchev–Trinajstić information content (AvgIpc) is 2.84. The van der Waals surface area contributed by atoms with E-state index in [9.17, 15) is 5.21 Å². The molecule has 2 nitrogen and oxygen atoms in total. The lowest BCUT2D eigenvalue weighted by Gasteiger charge is -2.05. The third-order valence-corrected chi connectivity index (χ3v) is 7.37. The smallest absolute Gasteiger partial charge is 0.153 e. The summed E-state index contributed by atoms with van der Waals surface area (Å²) in [5.41, 5.74) is 0. The number of rotatable bonds is 29. The van der Waals surface area contributed by atoms with E-state index in [0.717, 1.165) is 12.8 Å². The molecule has 0 aliphatic carbocycles. The van der Waals surface area contributed by atoms with E-state index >= 15 is 0 Å². The van der Waals surface area contributed by atoms with Crippen LogP contribution in [-0.2, 0) is 0 Å². The predicted molar refractivity (Wildman–Crippen MR) is 155 cm³/mol. The van der Waals surface area contributed by atoms with E-state index in [2.05, 4.69) is 13.8 Å². The first-order valence-electron chi connectivity index (χ1n) is 16.1. The second-order valence-electron chi connectivity index (χ2n) is 11.0. The van der Waals surface area contributed by atoms with Crippen molar-refractivity contribution in [3.63, 3.8) is 0 Å². The minimum absolute atomic E-state index is 0.705. The Hall–Kier alpha value is -0.530. The van der Waals surface area contributed by atoms with Crippen molar-refractivity contribution in [3.05, 3.63) is 5.21 Å². The van der Waals surface area contributed by atoms with Crippen molar-refractivity contribution in [2.75, 3.05) is 6.54 Å². The maximum atomic E-state index is 11.9. The van der Waals surface area contributed by atoms with Crippen LogP contribution in [0.4, 0.5) is 0 Å². The van der Waals surface area contributed by atoms with Crippen LogP contribution in [-0.4, -0.2) is 17.5 Å². The second-order valence-corrected chi connectivity index (χ2v) is 11.0. The number of hydrogen-bond donors (Lipinski definition) is 0. The third kappa shape index (κ3) is 29.5. The van der Waals surface area contributed by atoms with Gasteiger partial charge in [0.15, 0.2) is 12.8 Å². The minimum Gasteiger partial charge on any atom is -0.624 e. The first-order valence-corrected chi connectivity index (χ1v) is 16.1. The Morgan fingerprint density at radius 1 is 0.382 bits per heavy atom. The van der Waals surface area contributed by atoms with Gasteiger partial charge in [0.2, 0.25) is 0 Å². The first kappa shape index (κ1) is 33.5. The summed E-state index contributed by atoms with van der Waals surface area (Å²) in [6, 6.07) is 0. The lowest BCUT2D eigenvalue weighted by Crippen LogP contribution is -2.06. The Bertz CT molecular complexity index is 392. The van der Waals surface area contributed by atoms with Gasteiger partial charge in [0.05, 0.1) is 0 Å². The van der Waals surface area contributed by atoms with E-state index in [1.165, 1.54) is 172 Å². The Balaban J connectivity index is 3.21. The van der Waals surface area contributed by atoms with Crippen molar-refractivity contribution in [1.29, 1.82) is 0 Å². The number of hydroxylamine groups is 1. The zero-order valence-corrected chi connectivity index (χ0v) is 23.9. The molecule has 0 saturated carbocycles.